The molecule has 1 aliphatic rings. The fourth-order valence-corrected chi connectivity index (χ4v) is 2.44. The lowest BCUT2D eigenvalue weighted by molar-refractivity contribution is -0.141. The Morgan fingerprint density at radius 2 is 2.14 bits per heavy atom. The highest BCUT2D eigenvalue weighted by molar-refractivity contribution is 5.37. The summed E-state index contributed by atoms with van der Waals surface area (Å²) in [5.41, 5.74) is -1.71. The van der Waals surface area contributed by atoms with Gasteiger partial charge >= 0.3 is 6.18 Å². The fraction of sp³-hybridized carbons (Fsp3) is 0.500. The van der Waals surface area contributed by atoms with E-state index in [0.29, 0.717) is 18.7 Å². The number of halogens is 3. The molecule has 0 spiro atoms. The first-order valence-electron chi connectivity index (χ1n) is 6.54. The van der Waals surface area contributed by atoms with E-state index in [1.807, 2.05) is 0 Å². The number of H-pyrrole nitrogens is 1. The molecule has 0 radical (unpaired) electrons. The number of alkyl halides is 3. The number of hydrogen-bond donors (Lipinski definition) is 2. The molecule has 118 valence electrons. The second kappa shape index (κ2) is 4.90. The van der Waals surface area contributed by atoms with Gasteiger partial charge in [-0.25, -0.2) is 9.97 Å². The predicted molar refractivity (Wildman–Crippen MR) is 68.9 cm³/mol. The molecule has 3 heterocycles. The number of anilines is 1. The van der Waals surface area contributed by atoms with E-state index >= 15 is 0 Å². The molecule has 0 saturated carbocycles. The lowest BCUT2D eigenvalue weighted by Gasteiger charge is -2.21. The van der Waals surface area contributed by atoms with Crippen LogP contribution >= 0.6 is 0 Å². The Bertz CT molecular complexity index is 674. The van der Waals surface area contributed by atoms with Crippen molar-refractivity contribution in [3.8, 4) is 0 Å². The van der Waals surface area contributed by atoms with Crippen LogP contribution in [0.4, 0.5) is 19.1 Å². The maximum Gasteiger partial charge on any atom is 0.433 e. The van der Waals surface area contributed by atoms with Gasteiger partial charge in [-0.3, -0.25) is 0 Å². The zero-order chi connectivity index (χ0) is 16.0. The van der Waals surface area contributed by atoms with E-state index < -0.39 is 17.5 Å². The Morgan fingerprint density at radius 1 is 1.36 bits per heavy atom. The van der Waals surface area contributed by atoms with Crippen molar-refractivity contribution in [1.29, 1.82) is 0 Å². The van der Waals surface area contributed by atoms with Gasteiger partial charge in [0, 0.05) is 18.7 Å². The Hall–Kier alpha value is -2.23. The number of aliphatic hydroxyl groups is 1. The number of aromatic amines is 1. The lowest BCUT2D eigenvalue weighted by Crippen LogP contribution is -2.32. The van der Waals surface area contributed by atoms with Crippen molar-refractivity contribution < 1.29 is 18.3 Å². The maximum absolute atomic E-state index is 12.8. The molecule has 3 rings (SSSR count). The third-order valence-electron chi connectivity index (χ3n) is 3.56. The maximum atomic E-state index is 12.8. The predicted octanol–water partition coefficient (Wildman–Crippen LogP) is 1.02. The van der Waals surface area contributed by atoms with E-state index in [1.165, 1.54) is 18.0 Å². The van der Waals surface area contributed by atoms with Gasteiger partial charge in [-0.05, 0) is 13.0 Å². The molecule has 2 aromatic rings. The lowest BCUT2D eigenvalue weighted by atomic mass is 10.0. The van der Waals surface area contributed by atoms with E-state index in [4.69, 9.17) is 0 Å². The summed E-state index contributed by atoms with van der Waals surface area (Å²) in [6.07, 6.45) is -2.84. The Labute approximate surface area is 123 Å². The highest BCUT2D eigenvalue weighted by Crippen LogP contribution is 2.34. The summed E-state index contributed by atoms with van der Waals surface area (Å²) in [6.45, 7) is 1.85. The summed E-state index contributed by atoms with van der Waals surface area (Å²) in [4.78, 5) is 9.12. The summed E-state index contributed by atoms with van der Waals surface area (Å²) in [6, 6.07) is 0.892. The van der Waals surface area contributed by atoms with Gasteiger partial charge in [-0.1, -0.05) is 0 Å². The van der Waals surface area contributed by atoms with Crippen molar-refractivity contribution in [2.24, 2.45) is 0 Å². The van der Waals surface area contributed by atoms with Crippen molar-refractivity contribution in [3.63, 3.8) is 0 Å². The third kappa shape index (κ3) is 2.61. The number of aryl methyl sites for hydroxylation is 1. The molecule has 22 heavy (non-hydrogen) atoms. The minimum atomic E-state index is -4.54. The van der Waals surface area contributed by atoms with E-state index in [9.17, 15) is 18.3 Å². The van der Waals surface area contributed by atoms with Gasteiger partial charge in [-0.15, -0.1) is 0 Å². The number of nitrogens with zero attached hydrogens (tertiary/aromatic N) is 5. The number of aromatic nitrogens is 5. The molecule has 1 saturated heterocycles. The van der Waals surface area contributed by atoms with Crippen LogP contribution in [-0.2, 0) is 11.8 Å². The fourth-order valence-electron chi connectivity index (χ4n) is 2.44. The van der Waals surface area contributed by atoms with Crippen LogP contribution in [0.15, 0.2) is 12.3 Å². The summed E-state index contributed by atoms with van der Waals surface area (Å²) in [7, 11) is 0. The average Bonchev–Trinajstić information content (AvgIpc) is 3.07. The molecular weight excluding hydrogens is 301 g/mol. The van der Waals surface area contributed by atoms with Crippen molar-refractivity contribution in [2.45, 2.75) is 25.1 Å². The number of rotatable bonds is 2. The normalized spacial score (nSPS) is 22.3. The smallest absolute Gasteiger partial charge is 0.381 e. The zero-order valence-corrected chi connectivity index (χ0v) is 11.6. The minimum Gasteiger partial charge on any atom is -0.381 e. The second-order valence-corrected chi connectivity index (χ2v) is 5.25. The van der Waals surface area contributed by atoms with Crippen LogP contribution < -0.4 is 4.90 Å². The van der Waals surface area contributed by atoms with Crippen molar-refractivity contribution in [2.75, 3.05) is 18.0 Å². The van der Waals surface area contributed by atoms with E-state index in [0.717, 1.165) is 6.07 Å². The van der Waals surface area contributed by atoms with Crippen LogP contribution in [0.1, 0.15) is 23.5 Å². The third-order valence-corrected chi connectivity index (χ3v) is 3.56. The number of β-amino-alcohol motifs (C(OH)–C–C–N with tert-alkyl or cyclic N) is 1. The first kappa shape index (κ1) is 14.7. The van der Waals surface area contributed by atoms with Gasteiger partial charge in [0.05, 0.1) is 12.7 Å². The summed E-state index contributed by atoms with van der Waals surface area (Å²) in [5, 5.41) is 20.4. The van der Waals surface area contributed by atoms with Crippen molar-refractivity contribution in [1.82, 2.24) is 25.4 Å². The zero-order valence-electron chi connectivity index (χ0n) is 11.6. The van der Waals surface area contributed by atoms with E-state index in [2.05, 4.69) is 25.4 Å². The highest BCUT2D eigenvalue weighted by Gasteiger charge is 2.41. The van der Waals surface area contributed by atoms with Crippen LogP contribution in [0.25, 0.3) is 0 Å². The standard InChI is InChI=1S/C12H13F3N6O/c1-7-4-8(12(13,14)15)18-10(17-7)21-3-2-11(22,6-21)9-5-16-20-19-9/h4-5,22H,2-3,6H2,1H3,(H,16,19,20)/t11-/m0/s1. The Balaban J connectivity index is 1.89. The van der Waals surface area contributed by atoms with Gasteiger partial charge in [-0.2, -0.15) is 28.6 Å². The Kier molecular flexibility index (Phi) is 3.28. The minimum absolute atomic E-state index is 0.0493. The summed E-state index contributed by atoms with van der Waals surface area (Å²) in [5.74, 6) is -0.0493. The van der Waals surface area contributed by atoms with Crippen molar-refractivity contribution in [3.05, 3.63) is 29.3 Å². The van der Waals surface area contributed by atoms with Crippen LogP contribution in [0, 0.1) is 6.92 Å². The van der Waals surface area contributed by atoms with Crippen LogP contribution in [0.3, 0.4) is 0 Å². The molecule has 1 fully saturated rings. The quantitative estimate of drug-likeness (QED) is 0.860. The molecule has 7 nitrogen and oxygen atoms in total. The number of nitrogens with one attached hydrogen (secondary N) is 1. The van der Waals surface area contributed by atoms with Crippen LogP contribution in [0.5, 0.6) is 0 Å². The van der Waals surface area contributed by atoms with Crippen LogP contribution in [0.2, 0.25) is 0 Å². The molecule has 10 heteroatoms. The molecule has 1 atom stereocenters. The SMILES string of the molecule is Cc1cc(C(F)(F)F)nc(N2CC[C@@](O)(c3cn[nH]n3)C2)n1. The molecule has 0 unspecified atom stereocenters. The highest BCUT2D eigenvalue weighted by atomic mass is 19.4. The van der Waals surface area contributed by atoms with Gasteiger partial charge < -0.3 is 10.0 Å². The topological polar surface area (TPSA) is 90.8 Å². The largest absolute Gasteiger partial charge is 0.433 e. The van der Waals surface area contributed by atoms with Crippen molar-refractivity contribution >= 4 is 5.95 Å². The average molecular weight is 314 g/mol. The first-order valence-corrected chi connectivity index (χ1v) is 6.54. The monoisotopic (exact) mass is 314 g/mol. The molecule has 2 aromatic heterocycles. The van der Waals surface area contributed by atoms with Gasteiger partial charge in [0.1, 0.15) is 17.0 Å². The second-order valence-electron chi connectivity index (χ2n) is 5.25. The van der Waals surface area contributed by atoms with Gasteiger partial charge in [0.2, 0.25) is 5.95 Å². The molecule has 0 amide bonds. The van der Waals surface area contributed by atoms with Gasteiger partial charge in [0.25, 0.3) is 0 Å². The molecular formula is C12H13F3N6O. The number of hydrogen-bond acceptors (Lipinski definition) is 6. The molecule has 2 N–H and O–H groups in total. The summed E-state index contributed by atoms with van der Waals surface area (Å²) >= 11 is 0. The molecule has 1 aliphatic heterocycles. The van der Waals surface area contributed by atoms with E-state index in [1.54, 1.807) is 0 Å². The molecule has 0 bridgehead atoms. The van der Waals surface area contributed by atoms with Gasteiger partial charge in [0.15, 0.2) is 0 Å². The van der Waals surface area contributed by atoms with E-state index in [-0.39, 0.29) is 18.2 Å². The van der Waals surface area contributed by atoms with Crippen LogP contribution in [-0.4, -0.2) is 43.6 Å². The summed E-state index contributed by atoms with van der Waals surface area (Å²) < 4.78 is 38.5. The molecule has 0 aliphatic carbocycles. The molecule has 0 aromatic carbocycles. The Morgan fingerprint density at radius 3 is 2.77 bits per heavy atom. The first-order chi connectivity index (χ1) is 10.3.